The van der Waals surface area contributed by atoms with Gasteiger partial charge >= 0.3 is 5.97 Å². The number of carbonyl (C=O) groups excluding carboxylic acids is 1. The molecular weight excluding hydrogens is 357 g/mol. The molecule has 1 aromatic heterocycles. The van der Waals surface area contributed by atoms with Crippen molar-refractivity contribution in [2.24, 2.45) is 0 Å². The van der Waals surface area contributed by atoms with Crippen LogP contribution in [0.1, 0.15) is 22.8 Å². The third-order valence-electron chi connectivity index (χ3n) is 3.81. The van der Waals surface area contributed by atoms with Crippen LogP contribution in [0.5, 0.6) is 0 Å². The Labute approximate surface area is 156 Å². The SMILES string of the molecule is CCOC(=O)c1cn(Cc2ccc(Cl)cc2)cc1-c1ccc(Cl)cc1. The highest BCUT2D eigenvalue weighted by Gasteiger charge is 2.17. The molecule has 0 saturated heterocycles. The van der Waals surface area contributed by atoms with E-state index in [-0.39, 0.29) is 5.97 Å². The van der Waals surface area contributed by atoms with E-state index in [1.807, 2.05) is 65.5 Å². The zero-order valence-electron chi connectivity index (χ0n) is 13.7. The summed E-state index contributed by atoms with van der Waals surface area (Å²) < 4.78 is 7.17. The number of rotatable bonds is 5. The quantitative estimate of drug-likeness (QED) is 0.538. The number of ether oxygens (including phenoxy) is 1. The van der Waals surface area contributed by atoms with E-state index in [1.54, 1.807) is 6.92 Å². The van der Waals surface area contributed by atoms with Crippen LogP contribution in [0.25, 0.3) is 11.1 Å². The smallest absolute Gasteiger partial charge is 0.340 e. The van der Waals surface area contributed by atoms with Crippen LogP contribution in [0.15, 0.2) is 60.9 Å². The second-order valence-electron chi connectivity index (χ2n) is 5.61. The lowest BCUT2D eigenvalue weighted by molar-refractivity contribution is 0.0527. The van der Waals surface area contributed by atoms with Gasteiger partial charge in [-0.1, -0.05) is 47.5 Å². The first kappa shape index (κ1) is 17.6. The third-order valence-corrected chi connectivity index (χ3v) is 4.31. The summed E-state index contributed by atoms with van der Waals surface area (Å²) in [6.45, 7) is 2.77. The van der Waals surface area contributed by atoms with E-state index < -0.39 is 0 Å². The predicted octanol–water partition coefficient (Wildman–Crippen LogP) is 5.69. The average Bonchev–Trinajstić information content (AvgIpc) is 3.02. The van der Waals surface area contributed by atoms with Crippen LogP contribution in [-0.4, -0.2) is 17.1 Å². The maximum absolute atomic E-state index is 12.3. The topological polar surface area (TPSA) is 31.2 Å². The van der Waals surface area contributed by atoms with Crippen LogP contribution < -0.4 is 0 Å². The summed E-state index contributed by atoms with van der Waals surface area (Å²) in [5, 5.41) is 1.35. The van der Waals surface area contributed by atoms with Gasteiger partial charge < -0.3 is 9.30 Å². The molecule has 0 N–H and O–H groups in total. The highest BCUT2D eigenvalue weighted by Crippen LogP contribution is 2.27. The molecule has 0 spiro atoms. The lowest BCUT2D eigenvalue weighted by atomic mass is 10.1. The Morgan fingerprint density at radius 3 is 2.16 bits per heavy atom. The van der Waals surface area contributed by atoms with Gasteiger partial charge in [-0.25, -0.2) is 4.79 Å². The van der Waals surface area contributed by atoms with Crippen LogP contribution in [0.4, 0.5) is 0 Å². The minimum Gasteiger partial charge on any atom is -0.462 e. The Morgan fingerprint density at radius 1 is 0.960 bits per heavy atom. The summed E-state index contributed by atoms with van der Waals surface area (Å²) >= 11 is 11.9. The van der Waals surface area contributed by atoms with E-state index in [1.165, 1.54) is 0 Å². The molecule has 0 aliphatic heterocycles. The van der Waals surface area contributed by atoms with Crippen molar-refractivity contribution in [3.63, 3.8) is 0 Å². The summed E-state index contributed by atoms with van der Waals surface area (Å²) in [5.41, 5.74) is 3.38. The van der Waals surface area contributed by atoms with E-state index in [0.29, 0.717) is 28.8 Å². The van der Waals surface area contributed by atoms with Crippen LogP contribution in [-0.2, 0) is 11.3 Å². The highest BCUT2D eigenvalue weighted by molar-refractivity contribution is 6.30. The second kappa shape index (κ2) is 7.77. The molecule has 5 heteroatoms. The number of nitrogens with zero attached hydrogens (tertiary/aromatic N) is 1. The van der Waals surface area contributed by atoms with E-state index in [4.69, 9.17) is 27.9 Å². The van der Waals surface area contributed by atoms with Gasteiger partial charge in [0.05, 0.1) is 12.2 Å². The molecule has 0 unspecified atom stereocenters. The van der Waals surface area contributed by atoms with Crippen molar-refractivity contribution in [1.82, 2.24) is 4.57 Å². The van der Waals surface area contributed by atoms with E-state index >= 15 is 0 Å². The van der Waals surface area contributed by atoms with Gasteiger partial charge in [0.2, 0.25) is 0 Å². The molecule has 3 aromatic rings. The first-order valence-electron chi connectivity index (χ1n) is 7.94. The van der Waals surface area contributed by atoms with Crippen LogP contribution >= 0.6 is 23.2 Å². The summed E-state index contributed by atoms with van der Waals surface area (Å²) in [4.78, 5) is 12.3. The second-order valence-corrected chi connectivity index (χ2v) is 6.48. The van der Waals surface area contributed by atoms with Crippen molar-refractivity contribution in [2.45, 2.75) is 13.5 Å². The van der Waals surface area contributed by atoms with Gasteiger partial charge in [0.25, 0.3) is 0 Å². The lowest BCUT2D eigenvalue weighted by Crippen LogP contribution is -2.05. The fourth-order valence-corrected chi connectivity index (χ4v) is 2.88. The molecule has 25 heavy (non-hydrogen) atoms. The van der Waals surface area contributed by atoms with Gasteiger partial charge in [-0.05, 0) is 42.3 Å². The molecule has 3 nitrogen and oxygen atoms in total. The highest BCUT2D eigenvalue weighted by atomic mass is 35.5. The van der Waals surface area contributed by atoms with E-state index in [2.05, 4.69) is 0 Å². The summed E-state index contributed by atoms with van der Waals surface area (Å²) in [6.07, 6.45) is 3.76. The molecule has 0 radical (unpaired) electrons. The first-order chi connectivity index (χ1) is 12.1. The maximum atomic E-state index is 12.3. The van der Waals surface area contributed by atoms with Gasteiger partial charge in [0.15, 0.2) is 0 Å². The third kappa shape index (κ3) is 4.25. The molecular formula is C20H17Cl2NO2. The standard InChI is InChI=1S/C20H17Cl2NO2/c1-2-25-20(24)19-13-23(11-14-3-7-16(21)8-4-14)12-18(19)15-5-9-17(22)10-6-15/h3-10,12-13H,2,11H2,1H3. The number of aromatic nitrogens is 1. The molecule has 0 aliphatic rings. The minimum absolute atomic E-state index is 0.331. The Morgan fingerprint density at radius 2 is 1.56 bits per heavy atom. The van der Waals surface area contributed by atoms with Crippen molar-refractivity contribution in [1.29, 1.82) is 0 Å². The monoisotopic (exact) mass is 373 g/mol. The minimum atomic E-state index is -0.331. The largest absolute Gasteiger partial charge is 0.462 e. The summed E-state index contributed by atoms with van der Waals surface area (Å²) in [7, 11) is 0. The Balaban J connectivity index is 1.97. The van der Waals surface area contributed by atoms with Gasteiger partial charge in [0.1, 0.15) is 0 Å². The van der Waals surface area contributed by atoms with Crippen LogP contribution in [0.2, 0.25) is 10.0 Å². The van der Waals surface area contributed by atoms with Crippen molar-refractivity contribution in [3.8, 4) is 11.1 Å². The molecule has 0 amide bonds. The molecule has 0 fully saturated rings. The normalized spacial score (nSPS) is 10.7. The van der Waals surface area contributed by atoms with Crippen LogP contribution in [0, 0.1) is 0 Å². The van der Waals surface area contributed by atoms with Crippen molar-refractivity contribution in [2.75, 3.05) is 6.61 Å². The Kier molecular flexibility index (Phi) is 5.47. The molecule has 0 bridgehead atoms. The van der Waals surface area contributed by atoms with Gasteiger partial charge in [-0.3, -0.25) is 0 Å². The molecule has 128 valence electrons. The number of hydrogen-bond acceptors (Lipinski definition) is 2. The first-order valence-corrected chi connectivity index (χ1v) is 8.69. The number of esters is 1. The average molecular weight is 374 g/mol. The van der Waals surface area contributed by atoms with Crippen molar-refractivity contribution < 1.29 is 9.53 Å². The lowest BCUT2D eigenvalue weighted by Gasteiger charge is -2.04. The molecule has 2 aromatic carbocycles. The van der Waals surface area contributed by atoms with E-state index in [0.717, 1.165) is 16.7 Å². The number of halogens is 2. The molecule has 0 atom stereocenters. The number of benzene rings is 2. The molecule has 3 rings (SSSR count). The van der Waals surface area contributed by atoms with Crippen LogP contribution in [0.3, 0.4) is 0 Å². The Bertz CT molecular complexity index is 868. The van der Waals surface area contributed by atoms with Gasteiger partial charge in [-0.2, -0.15) is 0 Å². The predicted molar refractivity (Wildman–Crippen MR) is 101 cm³/mol. The van der Waals surface area contributed by atoms with E-state index in [9.17, 15) is 4.79 Å². The number of carbonyl (C=O) groups is 1. The van der Waals surface area contributed by atoms with Gasteiger partial charge in [0, 0.05) is 34.5 Å². The fourth-order valence-electron chi connectivity index (χ4n) is 2.63. The van der Waals surface area contributed by atoms with Gasteiger partial charge in [-0.15, -0.1) is 0 Å². The number of hydrogen-bond donors (Lipinski definition) is 0. The molecule has 0 aliphatic carbocycles. The Hall–Kier alpha value is -2.23. The van der Waals surface area contributed by atoms with Crippen molar-refractivity contribution in [3.05, 3.63) is 82.1 Å². The zero-order valence-corrected chi connectivity index (χ0v) is 15.2. The summed E-state index contributed by atoms with van der Waals surface area (Å²) in [5.74, 6) is -0.331. The fraction of sp³-hybridized carbons (Fsp3) is 0.150. The molecule has 1 heterocycles. The molecule has 0 saturated carbocycles. The maximum Gasteiger partial charge on any atom is 0.340 e. The summed E-state index contributed by atoms with van der Waals surface area (Å²) in [6, 6.07) is 15.0. The van der Waals surface area contributed by atoms with Crippen molar-refractivity contribution >= 4 is 29.2 Å². The zero-order chi connectivity index (χ0) is 17.8.